The minimum absolute atomic E-state index is 0.0400. The van der Waals surface area contributed by atoms with Gasteiger partial charge in [-0.05, 0) is 57.9 Å². The highest BCUT2D eigenvalue weighted by atomic mass is 16.3. The molecule has 0 unspecified atom stereocenters. The minimum atomic E-state index is -0.798. The van der Waals surface area contributed by atoms with Gasteiger partial charge in [-0.15, -0.1) is 0 Å². The summed E-state index contributed by atoms with van der Waals surface area (Å²) in [5.41, 5.74) is 3.11. The summed E-state index contributed by atoms with van der Waals surface area (Å²) >= 11 is 0. The topological polar surface area (TPSA) is 60.7 Å². The summed E-state index contributed by atoms with van der Waals surface area (Å²) in [5, 5.41) is 31.1. The molecule has 4 atom stereocenters. The average molecular weight is 320 g/mol. The predicted molar refractivity (Wildman–Crippen MR) is 94.0 cm³/mol. The first-order chi connectivity index (χ1) is 10.9. The Kier molecular flexibility index (Phi) is 6.24. The number of hydrogen-bond donors (Lipinski definition) is 3. The van der Waals surface area contributed by atoms with Crippen LogP contribution >= 0.6 is 0 Å². The van der Waals surface area contributed by atoms with Crippen LogP contribution in [0.25, 0.3) is 0 Å². The van der Waals surface area contributed by atoms with E-state index in [1.165, 1.54) is 11.1 Å². The van der Waals surface area contributed by atoms with Crippen LogP contribution in [0, 0.1) is 11.3 Å². The number of hydrogen-bond acceptors (Lipinski definition) is 3. The van der Waals surface area contributed by atoms with Gasteiger partial charge < -0.3 is 15.3 Å². The van der Waals surface area contributed by atoms with E-state index in [0.29, 0.717) is 0 Å². The highest BCUT2D eigenvalue weighted by molar-refractivity contribution is 5.23. The molecule has 0 saturated heterocycles. The highest BCUT2D eigenvalue weighted by Gasteiger charge is 2.44. The smallest absolute Gasteiger partial charge is 0.0892 e. The molecule has 0 aromatic carbocycles. The van der Waals surface area contributed by atoms with E-state index < -0.39 is 17.6 Å². The van der Waals surface area contributed by atoms with Gasteiger partial charge in [-0.25, -0.2) is 0 Å². The molecule has 0 spiro atoms. The van der Waals surface area contributed by atoms with Crippen molar-refractivity contribution >= 4 is 0 Å². The number of aliphatic hydroxyl groups excluding tert-OH is 3. The molecule has 23 heavy (non-hydrogen) atoms. The molecule has 0 saturated carbocycles. The molecule has 0 aliphatic heterocycles. The normalized spacial score (nSPS) is 41.3. The summed E-state index contributed by atoms with van der Waals surface area (Å²) in [6.45, 7) is 6.24. The maximum atomic E-state index is 10.7. The number of fused-ring (bicyclic) bond motifs is 8. The lowest BCUT2D eigenvalue weighted by Gasteiger charge is -2.43. The van der Waals surface area contributed by atoms with Crippen LogP contribution < -0.4 is 0 Å². The summed E-state index contributed by atoms with van der Waals surface area (Å²) in [4.78, 5) is 0. The van der Waals surface area contributed by atoms with Crippen molar-refractivity contribution in [3.63, 3.8) is 0 Å². The molecule has 2 bridgehead atoms. The monoisotopic (exact) mass is 320 g/mol. The fraction of sp³-hybridized carbons (Fsp3) is 0.700. The Bertz CT molecular complexity index is 503. The summed E-state index contributed by atoms with van der Waals surface area (Å²) in [6, 6.07) is 0. The first kappa shape index (κ1) is 18.4. The number of allylic oxidation sites excluding steroid dienone is 4. The lowest BCUT2D eigenvalue weighted by atomic mass is 9.66. The Morgan fingerprint density at radius 3 is 2.43 bits per heavy atom. The zero-order chi connectivity index (χ0) is 17.0. The molecule has 3 aliphatic carbocycles. The molecule has 3 aliphatic rings. The van der Waals surface area contributed by atoms with Crippen molar-refractivity contribution in [2.75, 3.05) is 6.61 Å². The average Bonchev–Trinajstić information content (AvgIpc) is 2.51. The minimum Gasteiger partial charge on any atom is -0.392 e. The molecule has 130 valence electrons. The van der Waals surface area contributed by atoms with Crippen molar-refractivity contribution in [2.24, 2.45) is 11.3 Å². The third kappa shape index (κ3) is 4.34. The molecular formula is C20H32O3. The molecular weight excluding hydrogens is 288 g/mol. The van der Waals surface area contributed by atoms with Gasteiger partial charge in [0.25, 0.3) is 0 Å². The summed E-state index contributed by atoms with van der Waals surface area (Å²) in [6.07, 6.45) is 10.5. The van der Waals surface area contributed by atoms with Crippen molar-refractivity contribution in [3.05, 3.63) is 34.9 Å². The lowest BCUT2D eigenvalue weighted by molar-refractivity contribution is -0.0753. The van der Waals surface area contributed by atoms with Gasteiger partial charge in [-0.2, -0.15) is 0 Å². The van der Waals surface area contributed by atoms with Crippen molar-refractivity contribution < 1.29 is 15.3 Å². The van der Waals surface area contributed by atoms with Gasteiger partial charge in [0.05, 0.1) is 18.8 Å². The molecule has 0 aromatic rings. The Labute approximate surface area is 140 Å². The van der Waals surface area contributed by atoms with E-state index in [0.717, 1.165) is 44.1 Å². The van der Waals surface area contributed by atoms with E-state index in [9.17, 15) is 15.3 Å². The van der Waals surface area contributed by atoms with Crippen LogP contribution in [0.4, 0.5) is 0 Å². The molecule has 0 heterocycles. The van der Waals surface area contributed by atoms with E-state index in [2.05, 4.69) is 26.0 Å². The Balaban J connectivity index is 2.35. The van der Waals surface area contributed by atoms with Gasteiger partial charge in [-0.1, -0.05) is 36.3 Å². The van der Waals surface area contributed by atoms with E-state index in [1.807, 2.05) is 13.0 Å². The van der Waals surface area contributed by atoms with E-state index in [1.54, 1.807) is 0 Å². The zero-order valence-electron chi connectivity index (χ0n) is 14.8. The van der Waals surface area contributed by atoms with Gasteiger partial charge in [0.15, 0.2) is 0 Å². The first-order valence-corrected chi connectivity index (χ1v) is 8.87. The van der Waals surface area contributed by atoms with Gasteiger partial charge in [0, 0.05) is 11.3 Å². The van der Waals surface area contributed by atoms with Crippen molar-refractivity contribution in [1.29, 1.82) is 0 Å². The molecule has 0 radical (unpaired) electrons. The van der Waals surface area contributed by atoms with Crippen LogP contribution in [0.5, 0.6) is 0 Å². The summed E-state index contributed by atoms with van der Waals surface area (Å²) in [5.74, 6) is -0.147. The predicted octanol–water partition coefficient (Wildman–Crippen LogP) is 3.51. The second kappa shape index (κ2) is 7.78. The van der Waals surface area contributed by atoms with Crippen LogP contribution in [0.1, 0.15) is 59.3 Å². The third-order valence-corrected chi connectivity index (χ3v) is 5.64. The van der Waals surface area contributed by atoms with Gasteiger partial charge >= 0.3 is 0 Å². The largest absolute Gasteiger partial charge is 0.392 e. The van der Waals surface area contributed by atoms with E-state index >= 15 is 0 Å². The molecule has 3 heteroatoms. The van der Waals surface area contributed by atoms with Crippen LogP contribution in [-0.2, 0) is 0 Å². The molecule has 0 aromatic heterocycles. The standard InChI is InChI=1S/C20H32O3/c1-14-6-4-7-15(2)9-10-17-16(13-21)12-20(3,11-5-8-14)19(23)18(17)22/h7-8,12,17-19,21-23H,4-6,9-11,13H2,1-3H3/b14-8-,15-7-/t17-,18-,19-,20-/m0/s1. The van der Waals surface area contributed by atoms with Crippen molar-refractivity contribution in [3.8, 4) is 0 Å². The second-order valence-corrected chi connectivity index (χ2v) is 7.64. The fourth-order valence-electron chi connectivity index (χ4n) is 3.95. The van der Waals surface area contributed by atoms with Crippen LogP contribution in [-0.4, -0.2) is 34.1 Å². The summed E-state index contributed by atoms with van der Waals surface area (Å²) in [7, 11) is 0. The maximum absolute atomic E-state index is 10.7. The third-order valence-electron chi connectivity index (χ3n) is 5.64. The quantitative estimate of drug-likeness (QED) is 0.648. The van der Waals surface area contributed by atoms with Crippen LogP contribution in [0.3, 0.4) is 0 Å². The number of rotatable bonds is 1. The SMILES string of the molecule is C/C1=C/CC[C@@]2(C)C=C(CO)[C@H](CC/C(C)=C\CC1)[C@H](O)[C@@H]2O. The van der Waals surface area contributed by atoms with Crippen molar-refractivity contribution in [1.82, 2.24) is 0 Å². The van der Waals surface area contributed by atoms with Crippen molar-refractivity contribution in [2.45, 2.75) is 71.5 Å². The van der Waals surface area contributed by atoms with Crippen LogP contribution in [0.15, 0.2) is 34.9 Å². The Morgan fingerprint density at radius 1 is 1.09 bits per heavy atom. The second-order valence-electron chi connectivity index (χ2n) is 7.64. The van der Waals surface area contributed by atoms with Crippen LogP contribution in [0.2, 0.25) is 0 Å². The Hall–Kier alpha value is -0.900. The lowest BCUT2D eigenvalue weighted by Crippen LogP contribution is -2.49. The fourth-order valence-corrected chi connectivity index (χ4v) is 3.95. The Morgan fingerprint density at radius 2 is 1.74 bits per heavy atom. The molecule has 3 N–H and O–H groups in total. The molecule has 0 fully saturated rings. The molecule has 0 amide bonds. The highest BCUT2D eigenvalue weighted by Crippen LogP contribution is 2.42. The van der Waals surface area contributed by atoms with Gasteiger partial charge in [0.2, 0.25) is 0 Å². The maximum Gasteiger partial charge on any atom is 0.0892 e. The molecule has 3 nitrogen and oxygen atoms in total. The summed E-state index contributed by atoms with van der Waals surface area (Å²) < 4.78 is 0. The number of aliphatic hydroxyl groups is 3. The zero-order valence-corrected chi connectivity index (χ0v) is 14.8. The molecule has 3 rings (SSSR count). The van der Waals surface area contributed by atoms with E-state index in [4.69, 9.17) is 0 Å². The van der Waals surface area contributed by atoms with E-state index in [-0.39, 0.29) is 12.5 Å². The first-order valence-electron chi connectivity index (χ1n) is 8.87. The van der Waals surface area contributed by atoms with Gasteiger partial charge in [0.1, 0.15) is 0 Å². The van der Waals surface area contributed by atoms with Gasteiger partial charge in [-0.3, -0.25) is 0 Å².